The zero-order valence-corrected chi connectivity index (χ0v) is 9.29. The van der Waals surface area contributed by atoms with Crippen molar-refractivity contribution in [3.63, 3.8) is 0 Å². The zero-order chi connectivity index (χ0) is 11.6. The Morgan fingerprint density at radius 1 is 1.50 bits per heavy atom. The first-order chi connectivity index (χ1) is 6.41. The van der Waals surface area contributed by atoms with E-state index >= 15 is 0 Å². The van der Waals surface area contributed by atoms with Crippen LogP contribution in [0.25, 0.3) is 0 Å². The summed E-state index contributed by atoms with van der Waals surface area (Å²) in [6.45, 7) is 7.67. The quantitative estimate of drug-likeness (QED) is 0.327. The molecule has 0 aliphatic heterocycles. The summed E-state index contributed by atoms with van der Waals surface area (Å²) in [4.78, 5) is 24.9. The Labute approximate surface area is 84.4 Å². The predicted molar refractivity (Wildman–Crippen MR) is 52.7 cm³/mol. The molecule has 0 unspecified atom stereocenters. The number of carbonyl (C=O) groups excluding carboxylic acids is 1. The third kappa shape index (κ3) is 17.4. The van der Waals surface area contributed by atoms with Crippen LogP contribution in [0.5, 0.6) is 0 Å². The second-order valence-corrected chi connectivity index (χ2v) is 3.03. The molecule has 5 nitrogen and oxygen atoms in total. The fraction of sp³-hybridized carbons (Fsp3) is 0.625. The number of hydrogen-bond donors (Lipinski definition) is 2. The van der Waals surface area contributed by atoms with Gasteiger partial charge in [-0.3, -0.25) is 0 Å². The summed E-state index contributed by atoms with van der Waals surface area (Å²) >= 11 is 0. The van der Waals surface area contributed by atoms with Gasteiger partial charge < -0.3 is 4.74 Å². The van der Waals surface area contributed by atoms with Crippen molar-refractivity contribution in [3.05, 3.63) is 12.2 Å². The van der Waals surface area contributed by atoms with Crippen molar-refractivity contribution in [1.82, 2.24) is 0 Å². The number of hydrogen-bond acceptors (Lipinski definition) is 3. The van der Waals surface area contributed by atoms with Gasteiger partial charge in [0.1, 0.15) is 0 Å². The van der Waals surface area contributed by atoms with Crippen LogP contribution in [-0.4, -0.2) is 22.4 Å². The molecule has 0 aliphatic rings. The van der Waals surface area contributed by atoms with E-state index < -0.39 is 8.25 Å². The summed E-state index contributed by atoms with van der Waals surface area (Å²) in [7, 11) is -2.87. The summed E-state index contributed by atoms with van der Waals surface area (Å²) in [6, 6.07) is 0. The first-order valence-electron chi connectivity index (χ1n) is 4.09. The highest BCUT2D eigenvalue weighted by atomic mass is 31.1. The van der Waals surface area contributed by atoms with Crippen molar-refractivity contribution < 1.29 is 23.9 Å². The van der Waals surface area contributed by atoms with Crippen molar-refractivity contribution >= 4 is 14.2 Å². The van der Waals surface area contributed by atoms with Crippen LogP contribution in [0.15, 0.2) is 12.2 Å². The molecule has 6 heteroatoms. The minimum atomic E-state index is -2.87. The Morgan fingerprint density at radius 2 is 1.93 bits per heavy atom. The third-order valence-electron chi connectivity index (χ3n) is 1.08. The predicted octanol–water partition coefficient (Wildman–Crippen LogP) is 1.53. The number of unbranched alkanes of at least 4 members (excludes halogenated alkanes) is 1. The van der Waals surface area contributed by atoms with Crippen LogP contribution < -0.4 is 0 Å². The van der Waals surface area contributed by atoms with Crippen molar-refractivity contribution in [2.45, 2.75) is 26.7 Å². The van der Waals surface area contributed by atoms with Gasteiger partial charge in [-0.15, -0.1) is 9.79 Å². The first-order valence-corrected chi connectivity index (χ1v) is 5.26. The van der Waals surface area contributed by atoms with Gasteiger partial charge in [-0.05, 0) is 13.3 Å². The fourth-order valence-electron chi connectivity index (χ4n) is 0.432. The molecule has 82 valence electrons. The van der Waals surface area contributed by atoms with E-state index in [0.717, 1.165) is 12.8 Å². The molecule has 0 amide bonds. The minimum absolute atomic E-state index is 0.284. The maximum atomic E-state index is 10.7. The van der Waals surface area contributed by atoms with Gasteiger partial charge in [0.05, 0.1) is 6.61 Å². The second-order valence-electron chi connectivity index (χ2n) is 2.52. The molecule has 0 atom stereocenters. The van der Waals surface area contributed by atoms with Gasteiger partial charge in [0.15, 0.2) is 0 Å². The highest BCUT2D eigenvalue weighted by Crippen LogP contribution is 1.98. The lowest BCUT2D eigenvalue weighted by molar-refractivity contribution is -0.139. The molecule has 0 aliphatic carbocycles. The molecule has 0 radical (unpaired) electrons. The molecule has 2 N–H and O–H groups in total. The zero-order valence-electron chi connectivity index (χ0n) is 8.39. The normalized spacial score (nSPS) is 8.29. The van der Waals surface area contributed by atoms with E-state index in [0.29, 0.717) is 12.2 Å². The van der Waals surface area contributed by atoms with E-state index in [1.165, 1.54) is 0 Å². The van der Waals surface area contributed by atoms with Gasteiger partial charge in [0.2, 0.25) is 0 Å². The standard InChI is InChI=1S/C8H14O2.HO3P/c1-4-5-6-10-8(9)7(2)3;1-4(2)3/h2,4-6H2,1,3H3;(H-,1,2,3)/p+1. The molecule has 0 saturated carbocycles. The van der Waals surface area contributed by atoms with Crippen molar-refractivity contribution in [2.24, 2.45) is 0 Å². The maximum Gasteiger partial charge on any atom is 0.692 e. The SMILES string of the molecule is C=C(C)C(=O)OCCCC.O=[P+](O)O. The van der Waals surface area contributed by atoms with Crippen molar-refractivity contribution in [1.29, 1.82) is 0 Å². The third-order valence-corrected chi connectivity index (χ3v) is 1.08. The summed E-state index contributed by atoms with van der Waals surface area (Å²) in [5.74, 6) is -0.284. The van der Waals surface area contributed by atoms with Crippen LogP contribution >= 0.6 is 8.25 Å². The second kappa shape index (κ2) is 10.3. The molecule has 14 heavy (non-hydrogen) atoms. The molecule has 0 bridgehead atoms. The highest BCUT2D eigenvalue weighted by molar-refractivity contribution is 7.30. The van der Waals surface area contributed by atoms with Crippen molar-refractivity contribution in [2.75, 3.05) is 6.61 Å². The monoisotopic (exact) mass is 223 g/mol. The van der Waals surface area contributed by atoms with Crippen LogP contribution in [0.1, 0.15) is 26.7 Å². The van der Waals surface area contributed by atoms with E-state index in [1.807, 2.05) is 0 Å². The minimum Gasteiger partial charge on any atom is -0.462 e. The molecule has 0 rings (SSSR count). The lowest BCUT2D eigenvalue weighted by atomic mass is 10.3. The Bertz CT molecular complexity index is 198. The molecule has 0 fully saturated rings. The molecule has 0 saturated heterocycles. The molecule has 0 aromatic heterocycles. The lowest BCUT2D eigenvalue weighted by Gasteiger charge is -2.01. The number of ether oxygens (including phenoxy) is 1. The van der Waals surface area contributed by atoms with E-state index in [9.17, 15) is 4.79 Å². The van der Waals surface area contributed by atoms with Crippen LogP contribution in [-0.2, 0) is 14.1 Å². The summed E-state index contributed by atoms with van der Waals surface area (Å²) in [5.41, 5.74) is 0.469. The van der Waals surface area contributed by atoms with Crippen LogP contribution in [0.2, 0.25) is 0 Å². The van der Waals surface area contributed by atoms with Gasteiger partial charge in [-0.2, -0.15) is 0 Å². The highest BCUT2D eigenvalue weighted by Gasteiger charge is 2.00. The largest absolute Gasteiger partial charge is 0.692 e. The summed E-state index contributed by atoms with van der Waals surface area (Å²) in [6.07, 6.45) is 1.97. The first kappa shape index (κ1) is 15.7. The maximum absolute atomic E-state index is 10.7. The molecule has 0 aromatic carbocycles. The fourth-order valence-corrected chi connectivity index (χ4v) is 0.432. The summed E-state index contributed by atoms with van der Waals surface area (Å²) < 4.78 is 13.5. The Hall–Kier alpha value is -0.770. The van der Waals surface area contributed by atoms with E-state index in [2.05, 4.69) is 13.5 Å². The van der Waals surface area contributed by atoms with Gasteiger partial charge in [0.25, 0.3) is 0 Å². The smallest absolute Gasteiger partial charge is 0.462 e. The van der Waals surface area contributed by atoms with Gasteiger partial charge in [-0.25, -0.2) is 4.79 Å². The average molecular weight is 223 g/mol. The van der Waals surface area contributed by atoms with Gasteiger partial charge >= 0.3 is 14.2 Å². The van der Waals surface area contributed by atoms with Gasteiger partial charge in [-0.1, -0.05) is 19.9 Å². The topological polar surface area (TPSA) is 83.8 Å². The van der Waals surface area contributed by atoms with Gasteiger partial charge in [0, 0.05) is 10.1 Å². The van der Waals surface area contributed by atoms with E-state index in [4.69, 9.17) is 19.1 Å². The summed E-state index contributed by atoms with van der Waals surface area (Å²) in [5, 5.41) is 0. The Morgan fingerprint density at radius 3 is 2.21 bits per heavy atom. The number of rotatable bonds is 4. The lowest BCUT2D eigenvalue weighted by Crippen LogP contribution is -2.05. The average Bonchev–Trinajstić information content (AvgIpc) is 2.03. The molecule has 0 spiro atoms. The Kier molecular flexibility index (Phi) is 11.6. The molecular weight excluding hydrogens is 207 g/mol. The van der Waals surface area contributed by atoms with Crippen LogP contribution in [0, 0.1) is 0 Å². The van der Waals surface area contributed by atoms with E-state index in [1.54, 1.807) is 6.92 Å². The number of carbonyl (C=O) groups is 1. The van der Waals surface area contributed by atoms with Crippen LogP contribution in [0.4, 0.5) is 0 Å². The molecular formula is C8H16O5P+. The van der Waals surface area contributed by atoms with Crippen LogP contribution in [0.3, 0.4) is 0 Å². The van der Waals surface area contributed by atoms with E-state index in [-0.39, 0.29) is 5.97 Å². The van der Waals surface area contributed by atoms with Crippen molar-refractivity contribution in [3.8, 4) is 0 Å². The molecule has 0 heterocycles. The molecule has 0 aromatic rings. The number of esters is 1. The Balaban J connectivity index is 0.